The number of phosphoric acid groups is 2. The van der Waals surface area contributed by atoms with Crippen molar-refractivity contribution in [1.29, 1.82) is 0 Å². The average Bonchev–Trinajstić information content (AvgIpc) is 2.18. The van der Waals surface area contributed by atoms with Gasteiger partial charge in [0.25, 0.3) is 0 Å². The minimum absolute atomic E-state index is 0.333. The number of aliphatic hydroxyl groups is 1. The maximum atomic E-state index is 11.3. The average molecular weight is 357 g/mol. The molecule has 3 atom stereocenters. The summed E-state index contributed by atoms with van der Waals surface area (Å²) in [4.78, 5) is 34.7. The molecule has 0 fully saturated rings. The first-order valence-corrected chi connectivity index (χ1v) is 10.0. The summed E-state index contributed by atoms with van der Waals surface area (Å²) in [6, 6.07) is 0. The van der Waals surface area contributed by atoms with Gasteiger partial charge in [-0.1, -0.05) is 19.8 Å². The second-order valence-electron chi connectivity index (χ2n) is 3.80. The molecule has 0 aliphatic rings. The normalized spacial score (nSPS) is 20.1. The first-order chi connectivity index (χ1) is 8.87. The molecule has 0 aliphatic carbocycles. The molecule has 0 aromatic carbocycles. The van der Waals surface area contributed by atoms with Gasteiger partial charge < -0.3 is 24.7 Å². The molecule has 6 N–H and O–H groups in total. The van der Waals surface area contributed by atoms with E-state index >= 15 is 0 Å². The summed E-state index contributed by atoms with van der Waals surface area (Å²) >= 11 is 0. The van der Waals surface area contributed by atoms with Crippen molar-refractivity contribution in [3.8, 4) is 0 Å². The lowest BCUT2D eigenvalue weighted by Gasteiger charge is -2.18. The lowest BCUT2D eigenvalue weighted by molar-refractivity contribution is 0.160. The molecular weight excluding hydrogens is 339 g/mol. The highest BCUT2D eigenvalue weighted by Gasteiger charge is 2.39. The van der Waals surface area contributed by atoms with Crippen molar-refractivity contribution in [2.24, 2.45) is 0 Å². The first kappa shape index (κ1) is 20.4. The highest BCUT2D eigenvalue weighted by atomic mass is 31.3. The summed E-state index contributed by atoms with van der Waals surface area (Å²) in [7, 11) is -15.7. The predicted octanol–water partition coefficient (Wildman–Crippen LogP) is 0.454. The Labute approximate surface area is 115 Å². The molecule has 0 spiro atoms. The Kier molecular flexibility index (Phi) is 8.27. The molecule has 3 unspecified atom stereocenters. The van der Waals surface area contributed by atoms with Crippen LogP contribution in [0.25, 0.3) is 0 Å². The van der Waals surface area contributed by atoms with Crippen molar-refractivity contribution in [1.82, 2.24) is 5.09 Å². The van der Waals surface area contributed by atoms with Crippen molar-refractivity contribution >= 4 is 23.4 Å². The summed E-state index contributed by atoms with van der Waals surface area (Å²) in [5.74, 6) is 0. The van der Waals surface area contributed by atoms with Crippen molar-refractivity contribution in [2.45, 2.75) is 32.3 Å². The summed E-state index contributed by atoms with van der Waals surface area (Å²) < 4.78 is 39.8. The second-order valence-corrected chi connectivity index (χ2v) is 8.38. The van der Waals surface area contributed by atoms with E-state index in [1.165, 1.54) is 0 Å². The predicted molar refractivity (Wildman–Crippen MR) is 67.4 cm³/mol. The van der Waals surface area contributed by atoms with E-state index in [2.05, 4.69) is 8.62 Å². The van der Waals surface area contributed by atoms with E-state index in [9.17, 15) is 18.8 Å². The molecule has 0 heterocycles. The van der Waals surface area contributed by atoms with Gasteiger partial charge in [0, 0.05) is 6.54 Å². The third-order valence-electron chi connectivity index (χ3n) is 1.84. The van der Waals surface area contributed by atoms with Crippen LogP contribution in [0.4, 0.5) is 0 Å². The van der Waals surface area contributed by atoms with Gasteiger partial charge >= 0.3 is 23.4 Å². The number of unbranched alkanes of at least 4 members (excludes halogenated alkanes) is 1. The molecule has 14 heteroatoms. The topological polar surface area (TPSA) is 183 Å². The number of rotatable bonds is 10. The zero-order chi connectivity index (χ0) is 16.0. The van der Waals surface area contributed by atoms with E-state index in [0.29, 0.717) is 12.8 Å². The lowest BCUT2D eigenvalue weighted by atomic mass is 10.2. The largest absolute Gasteiger partial charge is 0.489 e. The van der Waals surface area contributed by atoms with Gasteiger partial charge in [-0.05, 0) is 6.42 Å². The molecule has 0 aliphatic heterocycles. The minimum Gasteiger partial charge on any atom is -0.392 e. The molecule has 0 aromatic heterocycles. The van der Waals surface area contributed by atoms with E-state index in [4.69, 9.17) is 19.6 Å². The molecule has 0 amide bonds. The van der Waals surface area contributed by atoms with Gasteiger partial charge in [-0.3, -0.25) is 0 Å². The van der Waals surface area contributed by atoms with Crippen LogP contribution in [-0.2, 0) is 22.3 Å². The Morgan fingerprint density at radius 3 is 2.10 bits per heavy atom. The Morgan fingerprint density at radius 1 is 1.10 bits per heavy atom. The number of hydrogen-bond acceptors (Lipinski definition) is 6. The van der Waals surface area contributed by atoms with Gasteiger partial charge in [0.15, 0.2) is 0 Å². The van der Waals surface area contributed by atoms with Crippen LogP contribution in [0, 0.1) is 0 Å². The smallest absolute Gasteiger partial charge is 0.392 e. The van der Waals surface area contributed by atoms with E-state index in [-0.39, 0.29) is 0 Å². The zero-order valence-electron chi connectivity index (χ0n) is 10.5. The summed E-state index contributed by atoms with van der Waals surface area (Å²) in [6.07, 6.45) is 0.810. The fraction of sp³-hybridized carbons (Fsp3) is 1.00. The van der Waals surface area contributed by atoms with Crippen LogP contribution in [0.3, 0.4) is 0 Å². The first-order valence-electron chi connectivity index (χ1n) is 5.44. The molecule has 20 heavy (non-hydrogen) atoms. The van der Waals surface area contributed by atoms with Crippen molar-refractivity contribution in [3.05, 3.63) is 0 Å². The van der Waals surface area contributed by atoms with Gasteiger partial charge in [-0.2, -0.15) is 8.62 Å². The fourth-order valence-electron chi connectivity index (χ4n) is 1.08. The number of aliphatic hydroxyl groups excluding tert-OH is 1. The standard InChI is InChI=1S/C6H18NO10P3/c1-2-3-4-6(8)5-7-18(9,10)16-20(14,15)17-19(11,12)13/h6,8H,2-5H2,1H3,(H,14,15)(H2,7,9,10)(H2,11,12,13). The van der Waals surface area contributed by atoms with Crippen LogP contribution in [0.1, 0.15) is 26.2 Å². The maximum Gasteiger partial charge on any atom is 0.489 e. The quantitative estimate of drug-likeness (QED) is 0.298. The zero-order valence-corrected chi connectivity index (χ0v) is 13.2. The molecule has 0 saturated heterocycles. The van der Waals surface area contributed by atoms with Crippen LogP contribution in [0.5, 0.6) is 0 Å². The third-order valence-corrected chi connectivity index (χ3v) is 5.81. The van der Waals surface area contributed by atoms with Crippen molar-refractivity contribution in [2.75, 3.05) is 6.54 Å². The monoisotopic (exact) mass is 357 g/mol. The summed E-state index contributed by atoms with van der Waals surface area (Å²) in [6.45, 7) is 1.46. The Balaban J connectivity index is 4.41. The molecule has 0 aromatic rings. The van der Waals surface area contributed by atoms with Gasteiger partial charge in [0.1, 0.15) is 0 Å². The van der Waals surface area contributed by atoms with Crippen LogP contribution in [0.2, 0.25) is 0 Å². The lowest BCUT2D eigenvalue weighted by Crippen LogP contribution is -2.25. The van der Waals surface area contributed by atoms with Gasteiger partial charge in [0.2, 0.25) is 0 Å². The van der Waals surface area contributed by atoms with Crippen LogP contribution in [0.15, 0.2) is 0 Å². The number of hydrogen-bond donors (Lipinski definition) is 6. The molecule has 0 saturated carbocycles. The van der Waals surface area contributed by atoms with E-state index < -0.39 is 36.0 Å². The Hall–Kier alpha value is 0.370. The highest BCUT2D eigenvalue weighted by molar-refractivity contribution is 7.67. The van der Waals surface area contributed by atoms with Crippen LogP contribution >= 0.6 is 23.4 Å². The molecule has 0 bridgehead atoms. The second kappa shape index (κ2) is 8.12. The van der Waals surface area contributed by atoms with Crippen molar-refractivity contribution < 1.29 is 47.0 Å². The molecule has 11 nitrogen and oxygen atoms in total. The maximum absolute atomic E-state index is 11.3. The molecular formula is C6H18NO10P3. The van der Waals surface area contributed by atoms with Crippen LogP contribution in [-0.4, -0.2) is 37.3 Å². The van der Waals surface area contributed by atoms with Crippen LogP contribution < -0.4 is 5.09 Å². The Bertz CT molecular complexity index is 435. The van der Waals surface area contributed by atoms with E-state index in [1.807, 2.05) is 6.92 Å². The van der Waals surface area contributed by atoms with E-state index in [1.54, 1.807) is 5.09 Å². The minimum atomic E-state index is -5.44. The van der Waals surface area contributed by atoms with Crippen molar-refractivity contribution in [3.63, 3.8) is 0 Å². The molecule has 0 rings (SSSR count). The van der Waals surface area contributed by atoms with Gasteiger partial charge in [0.05, 0.1) is 6.10 Å². The molecule has 122 valence electrons. The summed E-state index contributed by atoms with van der Waals surface area (Å²) in [5, 5.41) is 11.2. The van der Waals surface area contributed by atoms with Gasteiger partial charge in [-0.25, -0.2) is 18.8 Å². The number of nitrogens with one attached hydrogen (secondary N) is 1. The fourth-order valence-corrected chi connectivity index (χ4v) is 4.33. The summed E-state index contributed by atoms with van der Waals surface area (Å²) in [5.41, 5.74) is 0. The Morgan fingerprint density at radius 2 is 1.65 bits per heavy atom. The SMILES string of the molecule is CCCCC(O)CNP(=O)(O)OP(=O)(O)OP(=O)(O)O. The highest BCUT2D eigenvalue weighted by Crippen LogP contribution is 2.64. The van der Waals surface area contributed by atoms with Gasteiger partial charge in [-0.15, -0.1) is 0 Å². The molecule has 0 radical (unpaired) electrons. The third kappa shape index (κ3) is 11.1. The van der Waals surface area contributed by atoms with E-state index in [0.717, 1.165) is 6.42 Å².